The van der Waals surface area contributed by atoms with Gasteiger partial charge in [0.05, 0.1) is 11.4 Å². The predicted octanol–water partition coefficient (Wildman–Crippen LogP) is 2.65. The van der Waals surface area contributed by atoms with E-state index < -0.39 is 0 Å². The van der Waals surface area contributed by atoms with E-state index >= 15 is 0 Å². The van der Waals surface area contributed by atoms with Gasteiger partial charge >= 0.3 is 0 Å². The van der Waals surface area contributed by atoms with E-state index in [-0.39, 0.29) is 47.8 Å². The minimum atomic E-state index is -0.333. The normalized spacial score (nSPS) is 13.4. The summed E-state index contributed by atoms with van der Waals surface area (Å²) in [7, 11) is 0. The standard InChI is InChI=1S/C20H14N6O2.Na/c27-17-11-18(28)26(14-6-3-5-13(10-14)20-22-24-25-23-20)16-9-8-12-4-1-2-7-15(12)19(16)21-17;/h1-10H,11H2,(H,21,27)(H,22,23,24,25);. The average molecular weight is 393 g/mol. The third-order valence-electron chi connectivity index (χ3n) is 4.70. The maximum atomic E-state index is 12.9. The van der Waals surface area contributed by atoms with E-state index in [2.05, 4.69) is 25.9 Å². The summed E-state index contributed by atoms with van der Waals surface area (Å²) < 4.78 is 0. The van der Waals surface area contributed by atoms with Gasteiger partial charge in [0.25, 0.3) is 0 Å². The number of H-pyrrole nitrogens is 1. The molecule has 0 atom stereocenters. The Morgan fingerprint density at radius 2 is 1.83 bits per heavy atom. The number of anilines is 3. The molecule has 2 N–H and O–H groups in total. The van der Waals surface area contributed by atoms with Crippen LogP contribution in [0.3, 0.4) is 0 Å². The molecule has 9 heteroatoms. The number of fused-ring (bicyclic) bond motifs is 3. The van der Waals surface area contributed by atoms with Gasteiger partial charge in [0.1, 0.15) is 6.42 Å². The average Bonchev–Trinajstić information content (AvgIpc) is 3.20. The Kier molecular flexibility index (Phi) is 5.14. The number of carbonyl (C=O) groups excluding carboxylic acids is 2. The van der Waals surface area contributed by atoms with Gasteiger partial charge in [-0.2, -0.15) is 0 Å². The van der Waals surface area contributed by atoms with E-state index in [4.69, 9.17) is 0 Å². The number of aromatic amines is 1. The van der Waals surface area contributed by atoms with Crippen molar-refractivity contribution in [3.63, 3.8) is 0 Å². The molecule has 1 aliphatic rings. The number of amides is 2. The number of hydrogen-bond donors (Lipinski definition) is 2. The first-order valence-corrected chi connectivity index (χ1v) is 8.69. The molecule has 0 fully saturated rings. The van der Waals surface area contributed by atoms with Gasteiger partial charge in [0, 0.05) is 46.2 Å². The van der Waals surface area contributed by atoms with E-state index in [1.807, 2.05) is 60.7 Å². The molecule has 1 aliphatic heterocycles. The van der Waals surface area contributed by atoms with Crippen LogP contribution in [0.1, 0.15) is 6.42 Å². The van der Waals surface area contributed by atoms with Gasteiger partial charge < -0.3 is 5.32 Å². The number of benzene rings is 3. The molecule has 0 bridgehead atoms. The van der Waals surface area contributed by atoms with Crippen molar-refractivity contribution in [2.24, 2.45) is 0 Å². The minimum Gasteiger partial charge on any atom is -0.323 e. The molecule has 2 heterocycles. The fourth-order valence-electron chi connectivity index (χ4n) is 3.47. The molecule has 5 rings (SSSR count). The van der Waals surface area contributed by atoms with Gasteiger partial charge in [-0.25, -0.2) is 5.10 Å². The zero-order valence-electron chi connectivity index (χ0n) is 15.6. The smallest absolute Gasteiger partial charge is 0.241 e. The Labute approximate surface area is 187 Å². The first-order chi connectivity index (χ1) is 13.7. The van der Waals surface area contributed by atoms with Crippen molar-refractivity contribution in [1.82, 2.24) is 20.6 Å². The molecule has 0 unspecified atom stereocenters. The van der Waals surface area contributed by atoms with E-state index in [1.165, 1.54) is 0 Å². The predicted molar refractivity (Wildman–Crippen MR) is 110 cm³/mol. The molecule has 4 aromatic rings. The number of aromatic nitrogens is 4. The maximum absolute atomic E-state index is 12.9. The molecular formula is C20H14N6NaO2. The summed E-state index contributed by atoms with van der Waals surface area (Å²) in [5.74, 6) is -0.142. The molecule has 3 aromatic carbocycles. The summed E-state index contributed by atoms with van der Waals surface area (Å²) >= 11 is 0. The molecule has 0 saturated heterocycles. The van der Waals surface area contributed by atoms with Gasteiger partial charge in [-0.05, 0) is 34.0 Å². The third kappa shape index (κ3) is 3.42. The number of nitrogens with one attached hydrogen (secondary N) is 2. The second-order valence-electron chi connectivity index (χ2n) is 6.44. The van der Waals surface area contributed by atoms with Crippen molar-refractivity contribution in [3.8, 4) is 11.4 Å². The van der Waals surface area contributed by atoms with Gasteiger partial charge in [-0.15, -0.1) is 5.10 Å². The topological polar surface area (TPSA) is 104 Å². The summed E-state index contributed by atoms with van der Waals surface area (Å²) in [5, 5.41) is 18.6. The first-order valence-electron chi connectivity index (χ1n) is 8.69. The van der Waals surface area contributed by atoms with Crippen molar-refractivity contribution < 1.29 is 9.59 Å². The molecule has 0 spiro atoms. The monoisotopic (exact) mass is 393 g/mol. The molecule has 1 radical (unpaired) electrons. The number of carbonyl (C=O) groups is 2. The van der Waals surface area contributed by atoms with E-state index in [1.54, 1.807) is 4.90 Å². The molecule has 137 valence electrons. The zero-order valence-corrected chi connectivity index (χ0v) is 17.6. The van der Waals surface area contributed by atoms with E-state index in [9.17, 15) is 9.59 Å². The Morgan fingerprint density at radius 1 is 0.966 bits per heavy atom. The fourth-order valence-corrected chi connectivity index (χ4v) is 3.47. The van der Waals surface area contributed by atoms with Crippen molar-refractivity contribution in [1.29, 1.82) is 0 Å². The zero-order chi connectivity index (χ0) is 19.1. The summed E-state index contributed by atoms with van der Waals surface area (Å²) in [4.78, 5) is 26.8. The second kappa shape index (κ2) is 7.75. The molecule has 0 saturated carbocycles. The number of hydrogen-bond acceptors (Lipinski definition) is 5. The minimum absolute atomic E-state index is 0. The van der Waals surface area contributed by atoms with Gasteiger partial charge in [-0.3, -0.25) is 14.5 Å². The Morgan fingerprint density at radius 3 is 2.66 bits per heavy atom. The third-order valence-corrected chi connectivity index (χ3v) is 4.70. The quantitative estimate of drug-likeness (QED) is 0.403. The summed E-state index contributed by atoms with van der Waals surface area (Å²) in [6.07, 6.45) is -0.239. The van der Waals surface area contributed by atoms with E-state index in [0.29, 0.717) is 22.9 Å². The fraction of sp³-hybridized carbons (Fsp3) is 0.0500. The van der Waals surface area contributed by atoms with Crippen LogP contribution in [0.5, 0.6) is 0 Å². The number of rotatable bonds is 2. The van der Waals surface area contributed by atoms with Crippen LogP contribution in [0.2, 0.25) is 0 Å². The maximum Gasteiger partial charge on any atom is 0.241 e. The Hall–Kier alpha value is -3.07. The van der Waals surface area contributed by atoms with Crippen molar-refractivity contribution >= 4 is 69.2 Å². The summed E-state index contributed by atoms with van der Waals surface area (Å²) in [5.41, 5.74) is 2.62. The number of tetrazole rings is 1. The van der Waals surface area contributed by atoms with Crippen LogP contribution in [-0.4, -0.2) is 62.0 Å². The van der Waals surface area contributed by atoms with Crippen molar-refractivity contribution in [3.05, 3.63) is 60.7 Å². The van der Waals surface area contributed by atoms with Crippen LogP contribution >= 0.6 is 0 Å². The van der Waals surface area contributed by atoms with Gasteiger partial charge in [0.15, 0.2) is 5.82 Å². The molecule has 8 nitrogen and oxygen atoms in total. The molecule has 1 aromatic heterocycles. The van der Waals surface area contributed by atoms with Gasteiger partial charge in [-0.1, -0.05) is 42.5 Å². The van der Waals surface area contributed by atoms with Crippen LogP contribution in [0.25, 0.3) is 22.2 Å². The summed E-state index contributed by atoms with van der Waals surface area (Å²) in [6, 6.07) is 18.8. The van der Waals surface area contributed by atoms with Crippen LogP contribution in [-0.2, 0) is 9.59 Å². The number of nitrogens with zero attached hydrogens (tertiary/aromatic N) is 4. The van der Waals surface area contributed by atoms with Crippen LogP contribution in [0.4, 0.5) is 17.1 Å². The van der Waals surface area contributed by atoms with Crippen molar-refractivity contribution in [2.75, 3.05) is 10.2 Å². The second-order valence-corrected chi connectivity index (χ2v) is 6.44. The Balaban J connectivity index is 0.00000205. The largest absolute Gasteiger partial charge is 0.323 e. The summed E-state index contributed by atoms with van der Waals surface area (Å²) in [6.45, 7) is 0. The van der Waals surface area contributed by atoms with Crippen molar-refractivity contribution in [2.45, 2.75) is 6.42 Å². The molecule has 0 aliphatic carbocycles. The van der Waals surface area contributed by atoms with Gasteiger partial charge in [0.2, 0.25) is 11.8 Å². The van der Waals surface area contributed by atoms with Crippen LogP contribution in [0, 0.1) is 0 Å². The molecular weight excluding hydrogens is 379 g/mol. The molecule has 29 heavy (non-hydrogen) atoms. The van der Waals surface area contributed by atoms with E-state index in [0.717, 1.165) is 16.3 Å². The molecule has 2 amide bonds. The Bertz CT molecular complexity index is 1220. The SMILES string of the molecule is O=C1CC(=O)N(c2cccc(-c3nnn[nH]3)c2)c2ccc3ccccc3c2N1.[Na]. The van der Waals surface area contributed by atoms with Crippen LogP contribution in [0.15, 0.2) is 60.7 Å². The van der Waals surface area contributed by atoms with Crippen LogP contribution < -0.4 is 10.2 Å². The first kappa shape index (κ1) is 19.3.